The highest BCUT2D eigenvalue weighted by atomic mass is 127. The minimum Gasteiger partial charge on any atom is -0.504 e. The van der Waals surface area contributed by atoms with E-state index in [-0.39, 0.29) is 12.4 Å². The molecule has 1 unspecified atom stereocenters. The quantitative estimate of drug-likeness (QED) is 0.776. The lowest BCUT2D eigenvalue weighted by Gasteiger charge is -2.14. The lowest BCUT2D eigenvalue weighted by atomic mass is 10.1. The van der Waals surface area contributed by atoms with Gasteiger partial charge in [0.2, 0.25) is 0 Å². The largest absolute Gasteiger partial charge is 0.504 e. The second-order valence-corrected chi connectivity index (χ2v) is 5.35. The van der Waals surface area contributed by atoms with Gasteiger partial charge in [0.25, 0.3) is 0 Å². The normalized spacial score (nSPS) is 11.9. The molecule has 106 valence electrons. The van der Waals surface area contributed by atoms with Gasteiger partial charge in [0.1, 0.15) is 18.5 Å². The van der Waals surface area contributed by atoms with E-state index in [1.807, 2.05) is 24.3 Å². The SMILES string of the molecule is COc1ccc(C(O)COc2ccccc2I)cc1O. The lowest BCUT2D eigenvalue weighted by molar-refractivity contribution is 0.107. The number of halogens is 1. The zero-order chi connectivity index (χ0) is 14.5. The number of methoxy groups -OCH3 is 1. The van der Waals surface area contributed by atoms with Crippen molar-refractivity contribution in [2.24, 2.45) is 0 Å². The average molecular weight is 386 g/mol. The van der Waals surface area contributed by atoms with Gasteiger partial charge in [-0.15, -0.1) is 0 Å². The summed E-state index contributed by atoms with van der Waals surface area (Å²) in [7, 11) is 1.48. The Morgan fingerprint density at radius 1 is 1.15 bits per heavy atom. The van der Waals surface area contributed by atoms with Gasteiger partial charge in [0.05, 0.1) is 10.7 Å². The van der Waals surface area contributed by atoms with Crippen LogP contribution in [0.3, 0.4) is 0 Å². The molecule has 0 bridgehead atoms. The molecule has 0 amide bonds. The Morgan fingerprint density at radius 3 is 2.55 bits per heavy atom. The first kappa shape index (κ1) is 14.9. The monoisotopic (exact) mass is 386 g/mol. The van der Waals surface area contributed by atoms with Crippen molar-refractivity contribution in [3.8, 4) is 17.2 Å². The molecule has 0 radical (unpaired) electrons. The van der Waals surface area contributed by atoms with Crippen molar-refractivity contribution >= 4 is 22.6 Å². The van der Waals surface area contributed by atoms with Crippen molar-refractivity contribution in [1.29, 1.82) is 0 Å². The first-order valence-electron chi connectivity index (χ1n) is 6.04. The van der Waals surface area contributed by atoms with E-state index in [9.17, 15) is 10.2 Å². The van der Waals surface area contributed by atoms with E-state index < -0.39 is 6.10 Å². The molecule has 0 fully saturated rings. The van der Waals surface area contributed by atoms with E-state index in [1.165, 1.54) is 13.2 Å². The Balaban J connectivity index is 2.03. The first-order chi connectivity index (χ1) is 9.61. The fourth-order valence-corrected chi connectivity index (χ4v) is 2.28. The summed E-state index contributed by atoms with van der Waals surface area (Å²) < 4.78 is 11.5. The summed E-state index contributed by atoms with van der Waals surface area (Å²) >= 11 is 2.17. The third-order valence-electron chi connectivity index (χ3n) is 2.82. The Kier molecular flexibility index (Phi) is 5.08. The maximum Gasteiger partial charge on any atom is 0.160 e. The van der Waals surface area contributed by atoms with Crippen LogP contribution < -0.4 is 9.47 Å². The van der Waals surface area contributed by atoms with Gasteiger partial charge in [-0.1, -0.05) is 18.2 Å². The van der Waals surface area contributed by atoms with Crippen LogP contribution in [0.5, 0.6) is 17.2 Å². The van der Waals surface area contributed by atoms with Crippen LogP contribution in [0.2, 0.25) is 0 Å². The molecule has 2 rings (SSSR count). The number of ether oxygens (including phenoxy) is 2. The van der Waals surface area contributed by atoms with Crippen LogP contribution in [0.25, 0.3) is 0 Å². The Labute approximate surface area is 131 Å². The van der Waals surface area contributed by atoms with E-state index >= 15 is 0 Å². The molecule has 5 heteroatoms. The summed E-state index contributed by atoms with van der Waals surface area (Å²) in [6.45, 7) is 0.117. The van der Waals surface area contributed by atoms with E-state index in [1.54, 1.807) is 12.1 Å². The van der Waals surface area contributed by atoms with Gasteiger partial charge in [0.15, 0.2) is 11.5 Å². The second-order valence-electron chi connectivity index (χ2n) is 4.19. The fraction of sp³-hybridized carbons (Fsp3) is 0.200. The third-order valence-corrected chi connectivity index (χ3v) is 3.71. The Morgan fingerprint density at radius 2 is 1.90 bits per heavy atom. The smallest absolute Gasteiger partial charge is 0.160 e. The molecule has 0 saturated carbocycles. The highest BCUT2D eigenvalue weighted by molar-refractivity contribution is 14.1. The molecular weight excluding hydrogens is 371 g/mol. The molecule has 0 aliphatic heterocycles. The molecule has 0 aliphatic rings. The van der Waals surface area contributed by atoms with E-state index in [0.717, 1.165) is 9.32 Å². The molecule has 0 aromatic heterocycles. The van der Waals surface area contributed by atoms with Crippen molar-refractivity contribution in [2.45, 2.75) is 6.10 Å². The molecule has 0 heterocycles. The van der Waals surface area contributed by atoms with Crippen molar-refractivity contribution in [2.75, 3.05) is 13.7 Å². The number of phenols is 1. The van der Waals surface area contributed by atoms with Crippen LogP contribution in [-0.2, 0) is 0 Å². The average Bonchev–Trinajstić information content (AvgIpc) is 2.46. The number of hydrogen-bond donors (Lipinski definition) is 2. The molecule has 2 aromatic rings. The summed E-state index contributed by atoms with van der Waals surface area (Å²) in [5.74, 6) is 1.10. The zero-order valence-electron chi connectivity index (χ0n) is 10.9. The van der Waals surface area contributed by atoms with Gasteiger partial charge in [-0.05, 0) is 52.4 Å². The molecule has 0 spiro atoms. The summed E-state index contributed by atoms with van der Waals surface area (Å²) in [5.41, 5.74) is 0.578. The van der Waals surface area contributed by atoms with Crippen LogP contribution in [-0.4, -0.2) is 23.9 Å². The number of aliphatic hydroxyl groups is 1. The van der Waals surface area contributed by atoms with Crippen LogP contribution in [0.1, 0.15) is 11.7 Å². The van der Waals surface area contributed by atoms with E-state index in [4.69, 9.17) is 9.47 Å². The maximum absolute atomic E-state index is 10.1. The minimum atomic E-state index is -0.817. The van der Waals surface area contributed by atoms with Crippen molar-refractivity contribution < 1.29 is 19.7 Å². The highest BCUT2D eigenvalue weighted by Gasteiger charge is 2.12. The molecule has 2 aromatic carbocycles. The Bertz CT molecular complexity index is 586. The number of aliphatic hydroxyl groups excluding tert-OH is 1. The summed E-state index contributed by atoms with van der Waals surface area (Å²) in [4.78, 5) is 0. The summed E-state index contributed by atoms with van der Waals surface area (Å²) in [6, 6.07) is 12.4. The van der Waals surface area contributed by atoms with Crippen LogP contribution in [0.15, 0.2) is 42.5 Å². The molecule has 0 aliphatic carbocycles. The molecule has 4 nitrogen and oxygen atoms in total. The number of phenolic OH excluding ortho intramolecular Hbond substituents is 1. The topological polar surface area (TPSA) is 58.9 Å². The van der Waals surface area contributed by atoms with Gasteiger partial charge in [-0.2, -0.15) is 0 Å². The Hall–Kier alpha value is -1.47. The van der Waals surface area contributed by atoms with Crippen LogP contribution in [0, 0.1) is 3.57 Å². The van der Waals surface area contributed by atoms with Gasteiger partial charge in [-0.25, -0.2) is 0 Å². The fourth-order valence-electron chi connectivity index (χ4n) is 1.74. The minimum absolute atomic E-state index is 0.00154. The predicted octanol–water partition coefficient (Wildman–Crippen LogP) is 3.12. The third kappa shape index (κ3) is 3.55. The number of aromatic hydroxyl groups is 1. The van der Waals surface area contributed by atoms with Crippen LogP contribution in [0.4, 0.5) is 0 Å². The zero-order valence-corrected chi connectivity index (χ0v) is 13.1. The van der Waals surface area contributed by atoms with Gasteiger partial charge in [0, 0.05) is 0 Å². The molecular formula is C15H15IO4. The summed E-state index contributed by atoms with van der Waals surface area (Å²) in [5, 5.41) is 19.8. The first-order valence-corrected chi connectivity index (χ1v) is 7.12. The van der Waals surface area contributed by atoms with Crippen molar-refractivity contribution in [3.05, 3.63) is 51.6 Å². The summed E-state index contributed by atoms with van der Waals surface area (Å²) in [6.07, 6.45) is -0.817. The predicted molar refractivity (Wildman–Crippen MR) is 84.3 cm³/mol. The van der Waals surface area contributed by atoms with Crippen molar-refractivity contribution in [3.63, 3.8) is 0 Å². The standard InChI is InChI=1S/C15H15IO4/c1-19-15-7-6-10(8-12(15)17)13(18)9-20-14-5-3-2-4-11(14)16/h2-8,13,17-18H,9H2,1H3. The van der Waals surface area contributed by atoms with Gasteiger partial charge < -0.3 is 19.7 Å². The second kappa shape index (κ2) is 6.81. The maximum atomic E-state index is 10.1. The number of rotatable bonds is 5. The number of hydrogen-bond acceptors (Lipinski definition) is 4. The lowest BCUT2D eigenvalue weighted by Crippen LogP contribution is -2.10. The molecule has 1 atom stereocenters. The van der Waals surface area contributed by atoms with Gasteiger partial charge >= 0.3 is 0 Å². The number of para-hydroxylation sites is 1. The van der Waals surface area contributed by atoms with E-state index in [0.29, 0.717) is 11.3 Å². The molecule has 0 saturated heterocycles. The number of benzene rings is 2. The van der Waals surface area contributed by atoms with E-state index in [2.05, 4.69) is 22.6 Å². The van der Waals surface area contributed by atoms with Gasteiger partial charge in [-0.3, -0.25) is 0 Å². The van der Waals surface area contributed by atoms with Crippen molar-refractivity contribution in [1.82, 2.24) is 0 Å². The molecule has 2 N–H and O–H groups in total. The molecule has 20 heavy (non-hydrogen) atoms. The highest BCUT2D eigenvalue weighted by Crippen LogP contribution is 2.29. The van der Waals surface area contributed by atoms with Crippen LogP contribution >= 0.6 is 22.6 Å².